The molecule has 0 radical (unpaired) electrons. The third-order valence-corrected chi connectivity index (χ3v) is 4.06. The van der Waals surface area contributed by atoms with Crippen LogP contribution >= 0.6 is 0 Å². The Hall–Kier alpha value is -1.20. The maximum atomic E-state index is 5.75. The number of aryl methyl sites for hydroxylation is 1. The third kappa shape index (κ3) is 2.44. The van der Waals surface area contributed by atoms with E-state index < -0.39 is 0 Å². The molecule has 106 valence electrons. The van der Waals surface area contributed by atoms with Crippen LogP contribution < -0.4 is 11.3 Å². The largest absolute Gasteiger partial charge is 0.370 e. The first-order chi connectivity index (χ1) is 9.04. The van der Waals surface area contributed by atoms with E-state index in [4.69, 9.17) is 15.6 Å². The van der Waals surface area contributed by atoms with Crippen LogP contribution in [-0.2, 0) is 10.3 Å². The van der Waals surface area contributed by atoms with Gasteiger partial charge in [0.1, 0.15) is 11.4 Å². The maximum absolute atomic E-state index is 5.75. The molecule has 0 amide bonds. The number of hydrazine groups is 1. The van der Waals surface area contributed by atoms with E-state index in [1.807, 2.05) is 6.92 Å². The molecule has 5 heteroatoms. The molecule has 19 heavy (non-hydrogen) atoms. The van der Waals surface area contributed by atoms with Gasteiger partial charge in [-0.05, 0) is 38.5 Å². The van der Waals surface area contributed by atoms with Crippen molar-refractivity contribution in [2.24, 2.45) is 5.84 Å². The van der Waals surface area contributed by atoms with E-state index in [-0.39, 0.29) is 5.60 Å². The Bertz CT molecular complexity index is 453. The summed E-state index contributed by atoms with van der Waals surface area (Å²) < 4.78 is 5.75. The van der Waals surface area contributed by atoms with Crippen molar-refractivity contribution in [3.05, 3.63) is 17.1 Å². The first-order valence-corrected chi connectivity index (χ1v) is 6.95. The number of ether oxygens (including phenoxy) is 1. The summed E-state index contributed by atoms with van der Waals surface area (Å²) in [5, 5.41) is 0. The molecule has 0 saturated heterocycles. The van der Waals surface area contributed by atoms with Crippen molar-refractivity contribution < 1.29 is 4.74 Å². The lowest BCUT2D eigenvalue weighted by atomic mass is 9.98. The van der Waals surface area contributed by atoms with E-state index in [2.05, 4.69) is 24.3 Å². The molecule has 0 bridgehead atoms. The van der Waals surface area contributed by atoms with Gasteiger partial charge in [-0.2, -0.15) is 0 Å². The van der Waals surface area contributed by atoms with Gasteiger partial charge < -0.3 is 10.2 Å². The molecule has 0 aromatic carbocycles. The van der Waals surface area contributed by atoms with Crippen LogP contribution in [0.15, 0.2) is 0 Å². The van der Waals surface area contributed by atoms with E-state index in [0.717, 1.165) is 48.6 Å². The summed E-state index contributed by atoms with van der Waals surface area (Å²) in [6.07, 6.45) is 4.28. The molecular weight excluding hydrogens is 240 g/mol. The van der Waals surface area contributed by atoms with Gasteiger partial charge in [-0.1, -0.05) is 13.8 Å². The van der Waals surface area contributed by atoms with E-state index in [9.17, 15) is 0 Å². The molecule has 1 fully saturated rings. The first kappa shape index (κ1) is 14.2. The van der Waals surface area contributed by atoms with E-state index >= 15 is 0 Å². The highest BCUT2D eigenvalue weighted by molar-refractivity contribution is 5.47. The number of nitrogen functional groups attached to an aromatic ring is 1. The van der Waals surface area contributed by atoms with Gasteiger partial charge in [0.15, 0.2) is 5.82 Å². The molecule has 1 aliphatic carbocycles. The van der Waals surface area contributed by atoms with E-state index in [1.165, 1.54) is 0 Å². The number of methoxy groups -OCH3 is 1. The van der Waals surface area contributed by atoms with Gasteiger partial charge in [-0.15, -0.1) is 0 Å². The Morgan fingerprint density at radius 1 is 1.26 bits per heavy atom. The molecule has 1 heterocycles. The molecule has 2 rings (SSSR count). The molecule has 0 spiro atoms. The number of hydrogen-bond acceptors (Lipinski definition) is 5. The molecule has 0 unspecified atom stereocenters. The standard InChI is InChI=1S/C14H24N4O/c1-9(2)11-10(3)16-13(17-12(11)18-15)14(19-4)7-5-6-8-14/h9H,5-8,15H2,1-4H3,(H,16,17,18). The minimum atomic E-state index is -0.328. The van der Waals surface area contributed by atoms with Crippen molar-refractivity contribution in [2.45, 2.75) is 58.0 Å². The van der Waals surface area contributed by atoms with Crippen LogP contribution in [0.25, 0.3) is 0 Å². The molecule has 1 saturated carbocycles. The first-order valence-electron chi connectivity index (χ1n) is 6.95. The SMILES string of the molecule is COC1(c2nc(C)c(C(C)C)c(NN)n2)CCCC1. The average molecular weight is 264 g/mol. The fraction of sp³-hybridized carbons (Fsp3) is 0.714. The topological polar surface area (TPSA) is 73.1 Å². The van der Waals surface area contributed by atoms with E-state index in [1.54, 1.807) is 7.11 Å². The predicted octanol–water partition coefficient (Wildman–Crippen LogP) is 2.61. The van der Waals surface area contributed by atoms with Crippen molar-refractivity contribution in [3.63, 3.8) is 0 Å². The van der Waals surface area contributed by atoms with Gasteiger partial charge in [0.05, 0.1) is 0 Å². The van der Waals surface area contributed by atoms with Crippen LogP contribution in [0.4, 0.5) is 5.82 Å². The van der Waals surface area contributed by atoms with Crippen LogP contribution in [0.5, 0.6) is 0 Å². The molecule has 0 aliphatic heterocycles. The number of rotatable bonds is 4. The summed E-state index contributed by atoms with van der Waals surface area (Å²) >= 11 is 0. The van der Waals surface area contributed by atoms with Crippen LogP contribution in [0.1, 0.15) is 62.5 Å². The molecule has 1 aliphatic rings. The fourth-order valence-electron chi connectivity index (χ4n) is 3.05. The lowest BCUT2D eigenvalue weighted by Gasteiger charge is -2.27. The predicted molar refractivity (Wildman–Crippen MR) is 75.8 cm³/mol. The van der Waals surface area contributed by atoms with Crippen LogP contribution in [0.3, 0.4) is 0 Å². The highest BCUT2D eigenvalue weighted by atomic mass is 16.5. The molecule has 1 aromatic rings. The second-order valence-corrected chi connectivity index (χ2v) is 5.60. The number of nitrogens with zero attached hydrogens (tertiary/aromatic N) is 2. The monoisotopic (exact) mass is 264 g/mol. The van der Waals surface area contributed by atoms with Crippen molar-refractivity contribution >= 4 is 5.82 Å². The summed E-state index contributed by atoms with van der Waals surface area (Å²) in [6, 6.07) is 0. The van der Waals surface area contributed by atoms with Crippen molar-refractivity contribution in [3.8, 4) is 0 Å². The van der Waals surface area contributed by atoms with Crippen molar-refractivity contribution in [1.29, 1.82) is 0 Å². The Morgan fingerprint density at radius 2 is 1.89 bits per heavy atom. The number of nitrogens with one attached hydrogen (secondary N) is 1. The lowest BCUT2D eigenvalue weighted by Crippen LogP contribution is -2.29. The zero-order chi connectivity index (χ0) is 14.0. The number of nitrogens with two attached hydrogens (primary N) is 1. The second-order valence-electron chi connectivity index (χ2n) is 5.60. The van der Waals surface area contributed by atoms with Gasteiger partial charge in [-0.3, -0.25) is 0 Å². The average Bonchev–Trinajstić information content (AvgIpc) is 2.87. The summed E-state index contributed by atoms with van der Waals surface area (Å²) in [6.45, 7) is 6.25. The molecule has 3 N–H and O–H groups in total. The van der Waals surface area contributed by atoms with Gasteiger partial charge in [0, 0.05) is 18.4 Å². The van der Waals surface area contributed by atoms with Crippen LogP contribution in [-0.4, -0.2) is 17.1 Å². The normalized spacial score (nSPS) is 18.0. The summed E-state index contributed by atoms with van der Waals surface area (Å²) in [7, 11) is 1.75. The zero-order valence-corrected chi connectivity index (χ0v) is 12.3. The van der Waals surface area contributed by atoms with Crippen molar-refractivity contribution in [1.82, 2.24) is 9.97 Å². The van der Waals surface area contributed by atoms with Crippen LogP contribution in [0.2, 0.25) is 0 Å². The van der Waals surface area contributed by atoms with Gasteiger partial charge in [-0.25, -0.2) is 15.8 Å². The Morgan fingerprint density at radius 3 is 2.37 bits per heavy atom. The number of aromatic nitrogens is 2. The minimum Gasteiger partial charge on any atom is -0.370 e. The molecule has 5 nitrogen and oxygen atoms in total. The summed E-state index contributed by atoms with van der Waals surface area (Å²) in [5.41, 5.74) is 4.45. The lowest BCUT2D eigenvalue weighted by molar-refractivity contribution is -0.0163. The molecule has 1 aromatic heterocycles. The zero-order valence-electron chi connectivity index (χ0n) is 12.3. The highest BCUT2D eigenvalue weighted by Gasteiger charge is 2.39. The van der Waals surface area contributed by atoms with Gasteiger partial charge in [0.2, 0.25) is 0 Å². The Labute approximate surface area is 114 Å². The van der Waals surface area contributed by atoms with Crippen molar-refractivity contribution in [2.75, 3.05) is 12.5 Å². The maximum Gasteiger partial charge on any atom is 0.162 e. The quantitative estimate of drug-likeness (QED) is 0.646. The molecule has 0 atom stereocenters. The van der Waals surface area contributed by atoms with Crippen LogP contribution in [0, 0.1) is 6.92 Å². The number of anilines is 1. The number of hydrogen-bond donors (Lipinski definition) is 2. The summed E-state index contributed by atoms with van der Waals surface area (Å²) in [4.78, 5) is 9.32. The van der Waals surface area contributed by atoms with Gasteiger partial charge in [0.25, 0.3) is 0 Å². The minimum absolute atomic E-state index is 0.328. The highest BCUT2D eigenvalue weighted by Crippen LogP contribution is 2.41. The second kappa shape index (κ2) is 5.43. The Kier molecular flexibility index (Phi) is 4.06. The Balaban J connectivity index is 2.51. The third-order valence-electron chi connectivity index (χ3n) is 4.06. The summed E-state index contributed by atoms with van der Waals surface area (Å²) in [5.74, 6) is 7.45. The fourth-order valence-corrected chi connectivity index (χ4v) is 3.05. The van der Waals surface area contributed by atoms with Gasteiger partial charge >= 0.3 is 0 Å². The van der Waals surface area contributed by atoms with E-state index in [0.29, 0.717) is 5.92 Å². The smallest absolute Gasteiger partial charge is 0.162 e. The molecular formula is C14H24N4O.